The predicted octanol–water partition coefficient (Wildman–Crippen LogP) is 5.88. The van der Waals surface area contributed by atoms with Gasteiger partial charge < -0.3 is 10.4 Å². The van der Waals surface area contributed by atoms with Gasteiger partial charge in [0.05, 0.1) is 5.56 Å². The maximum atomic E-state index is 13.2. The third kappa shape index (κ3) is 4.04. The first-order valence-electron chi connectivity index (χ1n) is 11.0. The van der Waals surface area contributed by atoms with Crippen LogP contribution in [0.15, 0.2) is 41.8 Å². The molecular weight excluding hydrogens is 394 g/mol. The molecule has 3 aliphatic rings. The Morgan fingerprint density at radius 2 is 2.07 bits per heavy atom. The predicted molar refractivity (Wildman–Crippen MR) is 122 cm³/mol. The van der Waals surface area contributed by atoms with Crippen LogP contribution in [0.2, 0.25) is 0 Å². The van der Waals surface area contributed by atoms with Crippen LogP contribution in [-0.4, -0.2) is 23.0 Å². The van der Waals surface area contributed by atoms with Gasteiger partial charge in [0.2, 0.25) is 0 Å². The van der Waals surface area contributed by atoms with E-state index in [0.717, 1.165) is 34.9 Å². The number of allylic oxidation sites excluding steroid dienone is 2. The van der Waals surface area contributed by atoms with Gasteiger partial charge in [0.25, 0.3) is 5.91 Å². The van der Waals surface area contributed by atoms with Crippen LogP contribution in [0.5, 0.6) is 0 Å². The van der Waals surface area contributed by atoms with E-state index in [2.05, 4.69) is 43.4 Å². The maximum absolute atomic E-state index is 13.2. The lowest BCUT2D eigenvalue weighted by Gasteiger charge is -2.62. The molecule has 3 aliphatic carbocycles. The summed E-state index contributed by atoms with van der Waals surface area (Å²) in [4.78, 5) is 23.8. The van der Waals surface area contributed by atoms with Crippen molar-refractivity contribution in [3.05, 3.63) is 47.4 Å². The lowest BCUT2D eigenvalue weighted by Crippen LogP contribution is -2.61. The smallest absolute Gasteiger partial charge is 0.303 e. The fraction of sp³-hybridized carbons (Fsp3) is 0.520. The molecule has 2 aromatic rings. The molecule has 1 aromatic heterocycles. The number of aliphatic carboxylic acids is 1. The normalized spacial score (nSPS) is 27.1. The minimum absolute atomic E-state index is 0.0441. The van der Waals surface area contributed by atoms with Crippen molar-refractivity contribution in [2.75, 3.05) is 0 Å². The molecule has 2 N–H and O–H groups in total. The number of carbonyl (C=O) groups excluding carboxylic acids is 1. The summed E-state index contributed by atoms with van der Waals surface area (Å²) in [6, 6.07) is 8.21. The SMILES string of the molecule is CC1(C)[C@H]2CC(NC(=O)c3cccc4ccsc34)[C@H](CC=CCCCC(=O)O)[C@@H]1C2. The first-order valence-corrected chi connectivity index (χ1v) is 11.9. The average Bonchev–Trinajstić information content (AvgIpc) is 3.19. The van der Waals surface area contributed by atoms with Crippen LogP contribution in [0.3, 0.4) is 0 Å². The molecule has 1 heterocycles. The number of carbonyl (C=O) groups is 2. The van der Waals surface area contributed by atoms with E-state index in [1.165, 1.54) is 6.42 Å². The van der Waals surface area contributed by atoms with Crippen molar-refractivity contribution < 1.29 is 14.7 Å². The van der Waals surface area contributed by atoms with E-state index in [-0.39, 0.29) is 18.4 Å². The molecule has 3 saturated carbocycles. The van der Waals surface area contributed by atoms with Gasteiger partial charge in [0, 0.05) is 17.2 Å². The summed E-state index contributed by atoms with van der Waals surface area (Å²) >= 11 is 1.62. The topological polar surface area (TPSA) is 66.4 Å². The van der Waals surface area contributed by atoms with Crippen molar-refractivity contribution in [1.29, 1.82) is 0 Å². The molecule has 2 bridgehead atoms. The standard InChI is InChI=1S/C25H31NO3S/c1-25(2)17-14-20(25)18(9-5-3-4-6-11-22(27)28)21(15-17)26-24(29)19-10-7-8-16-12-13-30-23(16)19/h3,5,7-8,10,12-13,17-18,20-21H,4,6,9,11,14-15H2,1-2H3,(H,26,29)(H,27,28)/t17-,18-,20+,21?/m1/s1. The first-order chi connectivity index (χ1) is 14.4. The molecule has 3 fully saturated rings. The number of thiophene rings is 1. The number of nitrogens with one attached hydrogen (secondary N) is 1. The number of unbranched alkanes of at least 4 members (excludes halogenated alkanes) is 1. The Hall–Kier alpha value is -2.14. The molecule has 1 aromatic carbocycles. The summed E-state index contributed by atoms with van der Waals surface area (Å²) in [5.41, 5.74) is 1.13. The van der Waals surface area contributed by atoms with Gasteiger partial charge in [-0.25, -0.2) is 0 Å². The molecule has 0 spiro atoms. The molecule has 0 radical (unpaired) electrons. The Morgan fingerprint density at radius 1 is 1.23 bits per heavy atom. The lowest BCUT2D eigenvalue weighted by atomic mass is 9.44. The quantitative estimate of drug-likeness (QED) is 0.410. The number of hydrogen-bond donors (Lipinski definition) is 2. The van der Waals surface area contributed by atoms with Crippen molar-refractivity contribution >= 4 is 33.3 Å². The van der Waals surface area contributed by atoms with Crippen molar-refractivity contribution in [1.82, 2.24) is 5.32 Å². The third-order valence-electron chi connectivity index (χ3n) is 7.49. The number of benzene rings is 1. The largest absolute Gasteiger partial charge is 0.481 e. The molecule has 0 aliphatic heterocycles. The van der Waals surface area contributed by atoms with E-state index in [9.17, 15) is 9.59 Å². The molecule has 1 unspecified atom stereocenters. The number of carboxylic acid groups (broad SMARTS) is 1. The zero-order valence-electron chi connectivity index (χ0n) is 17.8. The Kier molecular flexibility index (Phi) is 6.01. The molecule has 0 saturated heterocycles. The fourth-order valence-corrected chi connectivity index (χ4v) is 6.51. The minimum atomic E-state index is -0.735. The summed E-state index contributed by atoms with van der Waals surface area (Å²) in [6.45, 7) is 4.75. The van der Waals surface area contributed by atoms with Gasteiger partial charge in [-0.15, -0.1) is 11.3 Å². The van der Waals surface area contributed by atoms with E-state index < -0.39 is 5.97 Å². The van der Waals surface area contributed by atoms with Crippen LogP contribution in [0.1, 0.15) is 62.7 Å². The van der Waals surface area contributed by atoms with Crippen molar-refractivity contribution in [3.8, 4) is 0 Å². The molecule has 5 heteroatoms. The van der Waals surface area contributed by atoms with Crippen LogP contribution >= 0.6 is 11.3 Å². The molecule has 4 atom stereocenters. The Labute approximate surface area is 182 Å². The summed E-state index contributed by atoms with van der Waals surface area (Å²) in [7, 11) is 0. The maximum Gasteiger partial charge on any atom is 0.303 e. The Balaban J connectivity index is 1.44. The number of fused-ring (bicyclic) bond motifs is 3. The zero-order valence-corrected chi connectivity index (χ0v) is 18.6. The lowest BCUT2D eigenvalue weighted by molar-refractivity contribution is -0.137. The van der Waals surface area contributed by atoms with Crippen LogP contribution in [-0.2, 0) is 4.79 Å². The van der Waals surface area contributed by atoms with Crippen molar-refractivity contribution in [3.63, 3.8) is 0 Å². The fourth-order valence-electron chi connectivity index (χ4n) is 5.60. The Morgan fingerprint density at radius 3 is 2.83 bits per heavy atom. The minimum Gasteiger partial charge on any atom is -0.481 e. The van der Waals surface area contributed by atoms with Crippen molar-refractivity contribution in [2.45, 2.75) is 58.4 Å². The second-order valence-electron chi connectivity index (χ2n) is 9.48. The van der Waals surface area contributed by atoms with E-state index in [4.69, 9.17) is 5.11 Å². The number of hydrogen-bond acceptors (Lipinski definition) is 3. The van der Waals surface area contributed by atoms with Gasteiger partial charge in [-0.2, -0.15) is 0 Å². The monoisotopic (exact) mass is 425 g/mol. The third-order valence-corrected chi connectivity index (χ3v) is 8.46. The van der Waals surface area contributed by atoms with Gasteiger partial charge >= 0.3 is 5.97 Å². The molecular formula is C25H31NO3S. The van der Waals surface area contributed by atoms with Gasteiger partial charge in [-0.1, -0.05) is 38.1 Å². The summed E-state index contributed by atoms with van der Waals surface area (Å²) in [6.07, 6.45) is 9.28. The highest BCUT2D eigenvalue weighted by molar-refractivity contribution is 7.17. The number of carboxylic acids is 1. The molecule has 160 valence electrons. The van der Waals surface area contributed by atoms with E-state index >= 15 is 0 Å². The van der Waals surface area contributed by atoms with E-state index in [1.54, 1.807) is 11.3 Å². The van der Waals surface area contributed by atoms with Crippen LogP contribution < -0.4 is 5.32 Å². The molecule has 1 amide bonds. The van der Waals surface area contributed by atoms with Gasteiger partial charge in [-0.05, 0) is 78.2 Å². The first kappa shape index (κ1) is 21.1. The summed E-state index contributed by atoms with van der Waals surface area (Å²) in [5, 5.41) is 15.3. The highest BCUT2D eigenvalue weighted by Crippen LogP contribution is 2.62. The second-order valence-corrected chi connectivity index (χ2v) is 10.4. The van der Waals surface area contributed by atoms with Gasteiger partial charge in [0.1, 0.15) is 0 Å². The molecule has 30 heavy (non-hydrogen) atoms. The van der Waals surface area contributed by atoms with Crippen LogP contribution in [0, 0.1) is 23.2 Å². The van der Waals surface area contributed by atoms with Crippen LogP contribution in [0.4, 0.5) is 0 Å². The summed E-state index contributed by atoms with van der Waals surface area (Å²) in [5.74, 6) is 1.06. The van der Waals surface area contributed by atoms with Crippen LogP contribution in [0.25, 0.3) is 10.1 Å². The van der Waals surface area contributed by atoms with Gasteiger partial charge in [-0.3, -0.25) is 9.59 Å². The highest BCUT2D eigenvalue weighted by atomic mass is 32.1. The second kappa shape index (κ2) is 8.54. The van der Waals surface area contributed by atoms with Crippen molar-refractivity contribution in [2.24, 2.45) is 23.2 Å². The van der Waals surface area contributed by atoms with E-state index in [1.807, 2.05) is 17.5 Å². The van der Waals surface area contributed by atoms with E-state index in [0.29, 0.717) is 29.6 Å². The highest BCUT2D eigenvalue weighted by Gasteiger charge is 2.57. The Bertz CT molecular complexity index is 960. The average molecular weight is 426 g/mol. The zero-order chi connectivity index (χ0) is 21.3. The number of amides is 1. The molecule has 5 rings (SSSR count). The number of rotatable bonds is 8. The summed E-state index contributed by atoms with van der Waals surface area (Å²) < 4.78 is 1.06. The van der Waals surface area contributed by atoms with Gasteiger partial charge in [0.15, 0.2) is 0 Å². The molecule has 4 nitrogen and oxygen atoms in total.